The minimum absolute atomic E-state index is 0.108. The van der Waals surface area contributed by atoms with E-state index in [0.717, 1.165) is 16.8 Å². The first-order valence-corrected chi connectivity index (χ1v) is 6.07. The molecule has 0 saturated carbocycles. The first-order chi connectivity index (χ1) is 8.77. The van der Waals surface area contributed by atoms with Gasteiger partial charge in [0.1, 0.15) is 0 Å². The van der Waals surface area contributed by atoms with Crippen LogP contribution in [0.3, 0.4) is 0 Å². The summed E-state index contributed by atoms with van der Waals surface area (Å²) >= 11 is 0. The quantitative estimate of drug-likeness (QED) is 0.818. The number of nitrogens with zero attached hydrogens (tertiary/aromatic N) is 1. The molecule has 2 heterocycles. The molecule has 0 fully saturated rings. The Balaban J connectivity index is 2.00. The minimum Gasteiger partial charge on any atom is -0.381 e. The maximum atomic E-state index is 12.6. The number of hydrogen-bond donors (Lipinski definition) is 1. The van der Waals surface area contributed by atoms with E-state index in [1.54, 1.807) is 24.5 Å². The van der Waals surface area contributed by atoms with E-state index in [4.69, 9.17) is 0 Å². The van der Waals surface area contributed by atoms with Crippen LogP contribution in [-0.4, -0.2) is 16.8 Å². The summed E-state index contributed by atoms with van der Waals surface area (Å²) in [6, 6.07) is 11.7. The van der Waals surface area contributed by atoms with Gasteiger partial charge in [-0.3, -0.25) is 9.78 Å². The van der Waals surface area contributed by atoms with E-state index in [-0.39, 0.29) is 17.7 Å². The van der Waals surface area contributed by atoms with Crippen molar-refractivity contribution >= 4 is 11.5 Å². The molecule has 0 radical (unpaired) electrons. The van der Waals surface area contributed by atoms with Crippen molar-refractivity contribution in [3.8, 4) is 0 Å². The van der Waals surface area contributed by atoms with Crippen molar-refractivity contribution in [1.29, 1.82) is 0 Å². The Kier molecular flexibility index (Phi) is 2.59. The molecule has 2 atom stereocenters. The van der Waals surface area contributed by atoms with E-state index in [1.807, 2.05) is 31.2 Å². The topological polar surface area (TPSA) is 42.0 Å². The molecule has 18 heavy (non-hydrogen) atoms. The Morgan fingerprint density at radius 3 is 2.67 bits per heavy atom. The van der Waals surface area contributed by atoms with Crippen LogP contribution in [0.2, 0.25) is 0 Å². The van der Waals surface area contributed by atoms with Gasteiger partial charge in [0.15, 0.2) is 5.78 Å². The third-order valence-corrected chi connectivity index (χ3v) is 3.43. The van der Waals surface area contributed by atoms with Gasteiger partial charge < -0.3 is 5.32 Å². The first-order valence-electron chi connectivity index (χ1n) is 6.07. The van der Waals surface area contributed by atoms with Crippen molar-refractivity contribution in [3.05, 3.63) is 59.9 Å². The summed E-state index contributed by atoms with van der Waals surface area (Å²) in [4.78, 5) is 16.5. The summed E-state index contributed by atoms with van der Waals surface area (Å²) in [5.74, 6) is 0.0472. The number of carbonyl (C=O) groups is 1. The van der Waals surface area contributed by atoms with Crippen molar-refractivity contribution in [2.45, 2.75) is 18.9 Å². The van der Waals surface area contributed by atoms with Gasteiger partial charge in [-0.05, 0) is 30.7 Å². The Morgan fingerprint density at radius 1 is 1.17 bits per heavy atom. The van der Waals surface area contributed by atoms with Gasteiger partial charge in [-0.25, -0.2) is 0 Å². The SMILES string of the molecule is CC1Nc2ccccc2C1C(=O)c1ccncc1. The first kappa shape index (κ1) is 11.0. The summed E-state index contributed by atoms with van der Waals surface area (Å²) < 4.78 is 0. The second-order valence-electron chi connectivity index (χ2n) is 4.60. The summed E-state index contributed by atoms with van der Waals surface area (Å²) in [5.41, 5.74) is 2.88. The highest BCUT2D eigenvalue weighted by molar-refractivity contribution is 6.03. The summed E-state index contributed by atoms with van der Waals surface area (Å²) in [5, 5.41) is 3.36. The van der Waals surface area contributed by atoms with E-state index < -0.39 is 0 Å². The van der Waals surface area contributed by atoms with Crippen molar-refractivity contribution in [2.75, 3.05) is 5.32 Å². The van der Waals surface area contributed by atoms with Crippen LogP contribution < -0.4 is 5.32 Å². The molecule has 0 saturated heterocycles. The van der Waals surface area contributed by atoms with Gasteiger partial charge in [-0.15, -0.1) is 0 Å². The molecular formula is C15H14N2O. The summed E-state index contributed by atoms with van der Waals surface area (Å²) in [6.07, 6.45) is 3.32. The normalized spacial score (nSPS) is 21.2. The van der Waals surface area contributed by atoms with Crippen LogP contribution in [-0.2, 0) is 0 Å². The molecule has 1 aliphatic rings. The molecule has 3 heteroatoms. The molecule has 1 aromatic heterocycles. The van der Waals surface area contributed by atoms with E-state index in [1.165, 1.54) is 0 Å². The fraction of sp³-hybridized carbons (Fsp3) is 0.200. The Labute approximate surface area is 106 Å². The largest absolute Gasteiger partial charge is 0.381 e. The van der Waals surface area contributed by atoms with E-state index >= 15 is 0 Å². The van der Waals surface area contributed by atoms with Crippen LogP contribution in [0, 0.1) is 0 Å². The number of rotatable bonds is 2. The average Bonchev–Trinajstić information content (AvgIpc) is 2.75. The van der Waals surface area contributed by atoms with Gasteiger partial charge >= 0.3 is 0 Å². The predicted molar refractivity (Wildman–Crippen MR) is 70.8 cm³/mol. The van der Waals surface area contributed by atoms with Crippen LogP contribution in [0.1, 0.15) is 28.8 Å². The highest BCUT2D eigenvalue weighted by atomic mass is 16.1. The van der Waals surface area contributed by atoms with Crippen molar-refractivity contribution in [1.82, 2.24) is 4.98 Å². The molecule has 0 spiro atoms. The number of nitrogens with one attached hydrogen (secondary N) is 1. The van der Waals surface area contributed by atoms with Crippen LogP contribution in [0.15, 0.2) is 48.8 Å². The number of hydrogen-bond acceptors (Lipinski definition) is 3. The number of ketones is 1. The minimum atomic E-state index is -0.108. The van der Waals surface area contributed by atoms with Gasteiger partial charge in [-0.2, -0.15) is 0 Å². The number of benzene rings is 1. The third kappa shape index (κ3) is 1.68. The van der Waals surface area contributed by atoms with Crippen molar-refractivity contribution in [3.63, 3.8) is 0 Å². The van der Waals surface area contributed by atoms with Gasteiger partial charge in [0.25, 0.3) is 0 Å². The number of anilines is 1. The molecule has 2 unspecified atom stereocenters. The molecule has 0 bridgehead atoms. The number of fused-ring (bicyclic) bond motifs is 1. The lowest BCUT2D eigenvalue weighted by atomic mass is 9.88. The maximum Gasteiger partial charge on any atom is 0.172 e. The number of Topliss-reactive ketones (excluding diaryl/α,β-unsaturated/α-hetero) is 1. The third-order valence-electron chi connectivity index (χ3n) is 3.43. The Morgan fingerprint density at radius 2 is 1.89 bits per heavy atom. The van der Waals surface area contributed by atoms with Crippen LogP contribution >= 0.6 is 0 Å². The molecule has 1 N–H and O–H groups in total. The molecule has 0 aliphatic carbocycles. The molecule has 3 rings (SSSR count). The van der Waals surface area contributed by atoms with Gasteiger partial charge in [0, 0.05) is 29.7 Å². The van der Waals surface area contributed by atoms with E-state index in [0.29, 0.717) is 0 Å². The Hall–Kier alpha value is -2.16. The molecular weight excluding hydrogens is 224 g/mol. The second kappa shape index (κ2) is 4.26. The highest BCUT2D eigenvalue weighted by Gasteiger charge is 2.34. The molecule has 0 amide bonds. The van der Waals surface area contributed by atoms with Crippen LogP contribution in [0.5, 0.6) is 0 Å². The van der Waals surface area contributed by atoms with E-state index in [2.05, 4.69) is 10.3 Å². The fourth-order valence-corrected chi connectivity index (χ4v) is 2.56. The number of para-hydroxylation sites is 1. The van der Waals surface area contributed by atoms with Gasteiger partial charge in [0.05, 0.1) is 5.92 Å². The van der Waals surface area contributed by atoms with Gasteiger partial charge in [-0.1, -0.05) is 18.2 Å². The number of carbonyl (C=O) groups excluding carboxylic acids is 1. The fourth-order valence-electron chi connectivity index (χ4n) is 2.56. The molecule has 3 nitrogen and oxygen atoms in total. The highest BCUT2D eigenvalue weighted by Crippen LogP contribution is 2.37. The molecule has 90 valence electrons. The van der Waals surface area contributed by atoms with Crippen molar-refractivity contribution in [2.24, 2.45) is 0 Å². The van der Waals surface area contributed by atoms with E-state index in [9.17, 15) is 4.79 Å². The lowest BCUT2D eigenvalue weighted by molar-refractivity contribution is 0.0956. The lowest BCUT2D eigenvalue weighted by Crippen LogP contribution is -2.23. The zero-order valence-electron chi connectivity index (χ0n) is 10.1. The summed E-state index contributed by atoms with van der Waals surface area (Å²) in [6.45, 7) is 2.05. The second-order valence-corrected chi connectivity index (χ2v) is 4.60. The number of pyridine rings is 1. The van der Waals surface area contributed by atoms with Crippen LogP contribution in [0.25, 0.3) is 0 Å². The lowest BCUT2D eigenvalue weighted by Gasteiger charge is -2.14. The predicted octanol–water partition coefficient (Wildman–Crippen LogP) is 2.86. The average molecular weight is 238 g/mol. The monoisotopic (exact) mass is 238 g/mol. The smallest absolute Gasteiger partial charge is 0.172 e. The molecule has 2 aromatic rings. The summed E-state index contributed by atoms with van der Waals surface area (Å²) in [7, 11) is 0. The zero-order chi connectivity index (χ0) is 12.5. The van der Waals surface area contributed by atoms with Crippen LogP contribution in [0.4, 0.5) is 5.69 Å². The standard InChI is InChI=1S/C15H14N2O/c1-10-14(12-4-2-3-5-13(12)17-10)15(18)11-6-8-16-9-7-11/h2-10,14,17H,1H3. The zero-order valence-corrected chi connectivity index (χ0v) is 10.1. The molecule has 1 aliphatic heterocycles. The Bertz CT molecular complexity index is 580. The van der Waals surface area contributed by atoms with Crippen molar-refractivity contribution < 1.29 is 4.79 Å². The maximum absolute atomic E-state index is 12.6. The molecule has 1 aromatic carbocycles. The van der Waals surface area contributed by atoms with Gasteiger partial charge in [0.2, 0.25) is 0 Å². The number of aromatic nitrogens is 1.